The van der Waals surface area contributed by atoms with Gasteiger partial charge in [0, 0.05) is 7.11 Å². The summed E-state index contributed by atoms with van der Waals surface area (Å²) in [4.78, 5) is 11.4. The summed E-state index contributed by atoms with van der Waals surface area (Å²) in [5, 5.41) is 0. The van der Waals surface area contributed by atoms with Crippen LogP contribution in [0.2, 0.25) is 0 Å². The van der Waals surface area contributed by atoms with Crippen molar-refractivity contribution in [1.82, 2.24) is 0 Å². The van der Waals surface area contributed by atoms with E-state index in [4.69, 9.17) is 9.47 Å². The third kappa shape index (κ3) is 4.50. The Hall–Kier alpha value is -0.830. The highest BCUT2D eigenvalue weighted by atomic mass is 16.6. The van der Waals surface area contributed by atoms with Crippen LogP contribution in [0.3, 0.4) is 0 Å². The topological polar surface area (TPSA) is 35.5 Å². The minimum absolute atomic E-state index is 0.0313. The van der Waals surface area contributed by atoms with Gasteiger partial charge < -0.3 is 9.47 Å². The first-order valence-electron chi connectivity index (χ1n) is 6.18. The molecule has 3 heteroatoms. The van der Waals surface area contributed by atoms with Gasteiger partial charge in [0.15, 0.2) is 0 Å². The van der Waals surface area contributed by atoms with Gasteiger partial charge >= 0.3 is 5.97 Å². The number of rotatable bonds is 3. The van der Waals surface area contributed by atoms with Gasteiger partial charge in [-0.3, -0.25) is 0 Å². The Labute approximate surface area is 104 Å². The van der Waals surface area contributed by atoms with E-state index in [-0.39, 0.29) is 24.1 Å². The first kappa shape index (κ1) is 14.2. The van der Waals surface area contributed by atoms with Gasteiger partial charge in [-0.25, -0.2) is 4.79 Å². The average molecular weight is 240 g/mol. The van der Waals surface area contributed by atoms with E-state index in [1.165, 1.54) is 12.7 Å². The Balaban J connectivity index is 2.62. The number of hydrogen-bond acceptors (Lipinski definition) is 3. The zero-order valence-corrected chi connectivity index (χ0v) is 11.6. The van der Waals surface area contributed by atoms with Gasteiger partial charge in [0.25, 0.3) is 0 Å². The molecule has 0 N–H and O–H groups in total. The number of ether oxygens (including phenoxy) is 2. The highest BCUT2D eigenvalue weighted by Crippen LogP contribution is 2.38. The van der Waals surface area contributed by atoms with Crippen LogP contribution in [-0.4, -0.2) is 25.8 Å². The second kappa shape index (κ2) is 5.67. The van der Waals surface area contributed by atoms with Crippen molar-refractivity contribution >= 4 is 5.97 Å². The van der Waals surface area contributed by atoms with E-state index in [1.807, 2.05) is 0 Å². The second-order valence-electron chi connectivity index (χ2n) is 5.98. The number of methoxy groups -OCH3 is 1. The van der Waals surface area contributed by atoms with Crippen LogP contribution in [0.5, 0.6) is 0 Å². The van der Waals surface area contributed by atoms with E-state index >= 15 is 0 Å². The van der Waals surface area contributed by atoms with Gasteiger partial charge in [-0.15, -0.1) is 0 Å². The maximum atomic E-state index is 11.4. The standard InChI is InChI=1S/C14H24O3/c1-10-6-11(14(2,3)4)8-12(7-10)17-13(15)9-16-5/h7,11-12H,6,8-9H2,1-5H3/t11-,12+/m1/s1. The van der Waals surface area contributed by atoms with Gasteiger partial charge in [-0.2, -0.15) is 0 Å². The van der Waals surface area contributed by atoms with Crippen molar-refractivity contribution < 1.29 is 14.3 Å². The fourth-order valence-corrected chi connectivity index (χ4v) is 2.27. The third-order valence-corrected chi connectivity index (χ3v) is 3.33. The van der Waals surface area contributed by atoms with E-state index in [2.05, 4.69) is 33.8 Å². The largest absolute Gasteiger partial charge is 0.456 e. The first-order valence-corrected chi connectivity index (χ1v) is 6.18. The number of esters is 1. The van der Waals surface area contributed by atoms with Crippen molar-refractivity contribution in [3.8, 4) is 0 Å². The molecule has 0 amide bonds. The predicted octanol–water partition coefficient (Wildman–Crippen LogP) is 2.95. The summed E-state index contributed by atoms with van der Waals surface area (Å²) < 4.78 is 10.2. The number of allylic oxidation sites excluding steroid dienone is 1. The lowest BCUT2D eigenvalue weighted by Crippen LogP contribution is -2.31. The summed E-state index contributed by atoms with van der Waals surface area (Å²) in [6.07, 6.45) is 3.99. The highest BCUT2D eigenvalue weighted by molar-refractivity contribution is 5.71. The molecule has 0 bridgehead atoms. The fraction of sp³-hybridized carbons (Fsp3) is 0.786. The third-order valence-electron chi connectivity index (χ3n) is 3.33. The molecule has 0 saturated heterocycles. The van der Waals surface area contributed by atoms with Crippen LogP contribution in [0.15, 0.2) is 11.6 Å². The van der Waals surface area contributed by atoms with Crippen molar-refractivity contribution in [1.29, 1.82) is 0 Å². The molecule has 0 unspecified atom stereocenters. The van der Waals surface area contributed by atoms with Crippen LogP contribution in [0.25, 0.3) is 0 Å². The minimum Gasteiger partial charge on any atom is -0.456 e. The summed E-state index contributed by atoms with van der Waals surface area (Å²) >= 11 is 0. The normalized spacial score (nSPS) is 25.4. The lowest BCUT2D eigenvalue weighted by molar-refractivity contribution is -0.152. The molecule has 0 aromatic carbocycles. The van der Waals surface area contributed by atoms with E-state index in [9.17, 15) is 4.79 Å². The molecule has 0 radical (unpaired) electrons. The van der Waals surface area contributed by atoms with Crippen molar-refractivity contribution in [3.63, 3.8) is 0 Å². The SMILES string of the molecule is COCC(=O)O[C@H]1C=C(C)C[C@@H](C(C)(C)C)C1. The fourth-order valence-electron chi connectivity index (χ4n) is 2.27. The minimum atomic E-state index is -0.281. The first-order chi connectivity index (χ1) is 7.82. The van der Waals surface area contributed by atoms with Crippen molar-refractivity contribution in [2.75, 3.05) is 13.7 Å². The van der Waals surface area contributed by atoms with Gasteiger partial charge in [-0.1, -0.05) is 26.3 Å². The molecule has 1 aliphatic carbocycles. The maximum Gasteiger partial charge on any atom is 0.332 e. The van der Waals surface area contributed by atoms with Gasteiger partial charge in [0.1, 0.15) is 12.7 Å². The van der Waals surface area contributed by atoms with E-state index in [1.54, 1.807) is 0 Å². The monoisotopic (exact) mass is 240 g/mol. The Morgan fingerprint density at radius 3 is 2.65 bits per heavy atom. The summed E-state index contributed by atoms with van der Waals surface area (Å²) in [5.74, 6) is 0.281. The Morgan fingerprint density at radius 2 is 2.12 bits per heavy atom. The van der Waals surface area contributed by atoms with Crippen LogP contribution in [0.1, 0.15) is 40.5 Å². The van der Waals surface area contributed by atoms with Crippen LogP contribution in [0, 0.1) is 11.3 Å². The molecular formula is C14H24O3. The molecule has 0 aromatic rings. The summed E-state index contributed by atoms with van der Waals surface area (Å²) in [6.45, 7) is 8.86. The van der Waals surface area contributed by atoms with Crippen LogP contribution in [0.4, 0.5) is 0 Å². The molecule has 0 aromatic heterocycles. The molecule has 3 nitrogen and oxygen atoms in total. The highest BCUT2D eigenvalue weighted by Gasteiger charge is 2.31. The van der Waals surface area contributed by atoms with E-state index < -0.39 is 0 Å². The number of hydrogen-bond donors (Lipinski definition) is 0. The average Bonchev–Trinajstić information content (AvgIpc) is 2.15. The molecule has 0 aliphatic heterocycles. The molecule has 98 valence electrons. The van der Waals surface area contributed by atoms with Gasteiger partial charge in [0.05, 0.1) is 0 Å². The molecular weight excluding hydrogens is 216 g/mol. The van der Waals surface area contributed by atoms with Crippen LogP contribution < -0.4 is 0 Å². The second-order valence-corrected chi connectivity index (χ2v) is 5.98. The Morgan fingerprint density at radius 1 is 1.47 bits per heavy atom. The molecule has 0 heterocycles. The molecule has 0 fully saturated rings. The summed E-state index contributed by atoms with van der Waals surface area (Å²) in [7, 11) is 1.50. The maximum absolute atomic E-state index is 11.4. The van der Waals surface area contributed by atoms with E-state index in [0.29, 0.717) is 5.92 Å². The van der Waals surface area contributed by atoms with Gasteiger partial charge in [-0.05, 0) is 37.2 Å². The van der Waals surface area contributed by atoms with E-state index in [0.717, 1.165) is 12.8 Å². The summed E-state index contributed by atoms with van der Waals surface area (Å²) in [6, 6.07) is 0. The van der Waals surface area contributed by atoms with Crippen molar-refractivity contribution in [2.45, 2.75) is 46.6 Å². The quantitative estimate of drug-likeness (QED) is 0.562. The lowest BCUT2D eigenvalue weighted by atomic mass is 9.72. The molecule has 2 atom stereocenters. The zero-order chi connectivity index (χ0) is 13.1. The lowest BCUT2D eigenvalue weighted by Gasteiger charge is -2.36. The summed E-state index contributed by atoms with van der Waals surface area (Å²) in [5.41, 5.74) is 1.56. The zero-order valence-electron chi connectivity index (χ0n) is 11.6. The Bertz CT molecular complexity index is 299. The van der Waals surface area contributed by atoms with Crippen molar-refractivity contribution in [3.05, 3.63) is 11.6 Å². The molecule has 1 aliphatic rings. The molecule has 0 saturated carbocycles. The van der Waals surface area contributed by atoms with Crippen LogP contribution >= 0.6 is 0 Å². The van der Waals surface area contributed by atoms with Gasteiger partial charge in [0.2, 0.25) is 0 Å². The smallest absolute Gasteiger partial charge is 0.332 e. The van der Waals surface area contributed by atoms with Crippen LogP contribution in [-0.2, 0) is 14.3 Å². The Kier molecular flexibility index (Phi) is 4.75. The number of carbonyl (C=O) groups excluding carboxylic acids is 1. The number of carbonyl (C=O) groups is 1. The molecule has 17 heavy (non-hydrogen) atoms. The molecule has 0 spiro atoms. The van der Waals surface area contributed by atoms with Crippen molar-refractivity contribution in [2.24, 2.45) is 11.3 Å². The predicted molar refractivity (Wildman–Crippen MR) is 67.7 cm³/mol. The molecule has 1 rings (SSSR count).